The van der Waals surface area contributed by atoms with Gasteiger partial charge in [0.05, 0.1) is 20.5 Å². The summed E-state index contributed by atoms with van der Waals surface area (Å²) in [6.07, 6.45) is 0. The Bertz CT molecular complexity index is 571. The van der Waals surface area contributed by atoms with Gasteiger partial charge in [0, 0.05) is 9.50 Å². The summed E-state index contributed by atoms with van der Waals surface area (Å²) in [5, 5.41) is 2.73. The molecule has 2 aromatic rings. The minimum absolute atomic E-state index is 0.210. The first-order valence-electron chi connectivity index (χ1n) is 4.43. The van der Waals surface area contributed by atoms with Gasteiger partial charge in [0.2, 0.25) is 5.78 Å². The zero-order chi connectivity index (χ0) is 12.6. The van der Waals surface area contributed by atoms with Crippen molar-refractivity contribution in [2.24, 2.45) is 0 Å². The minimum atomic E-state index is -0.210. The number of carbonyl (C=O) groups excluding carboxylic acids is 1. The smallest absolute Gasteiger partial charge is 0.207 e. The molecule has 1 heterocycles. The van der Waals surface area contributed by atoms with Crippen LogP contribution in [0.15, 0.2) is 28.1 Å². The fraction of sp³-hybridized carbons (Fsp3) is 0. The molecule has 88 valence electrons. The normalized spacial score (nSPS) is 10.6. The van der Waals surface area contributed by atoms with E-state index in [0.717, 1.165) is 4.47 Å². The van der Waals surface area contributed by atoms with E-state index >= 15 is 0 Å². The van der Waals surface area contributed by atoms with Crippen LogP contribution in [-0.4, -0.2) is 5.78 Å². The van der Waals surface area contributed by atoms with E-state index in [2.05, 4.69) is 15.9 Å². The van der Waals surface area contributed by atoms with Gasteiger partial charge in [0.15, 0.2) is 0 Å². The number of thiophene rings is 1. The lowest BCUT2D eigenvalue weighted by atomic mass is 10.1. The fourth-order valence-corrected chi connectivity index (χ4v) is 3.81. The monoisotopic (exact) mass is 368 g/mol. The molecule has 2 rings (SSSR count). The molecule has 1 aromatic carbocycles. The Morgan fingerprint density at radius 1 is 1.18 bits per heavy atom. The Morgan fingerprint density at radius 3 is 2.24 bits per heavy atom. The molecular weight excluding hydrogens is 366 g/mol. The van der Waals surface area contributed by atoms with Gasteiger partial charge < -0.3 is 0 Å². The highest BCUT2D eigenvalue weighted by Gasteiger charge is 2.20. The summed E-state index contributed by atoms with van der Waals surface area (Å²) in [5.41, 5.74) is 0.279. The molecular formula is C11H4BrCl3OS. The topological polar surface area (TPSA) is 17.1 Å². The van der Waals surface area contributed by atoms with Crippen molar-refractivity contribution in [2.75, 3.05) is 0 Å². The first-order valence-corrected chi connectivity index (χ1v) is 7.23. The first-order chi connectivity index (χ1) is 8.00. The Kier molecular flexibility index (Phi) is 4.16. The number of carbonyl (C=O) groups is 1. The molecule has 0 saturated heterocycles. The summed E-state index contributed by atoms with van der Waals surface area (Å²) in [5.74, 6) is -0.210. The van der Waals surface area contributed by atoms with Crippen LogP contribution < -0.4 is 0 Å². The van der Waals surface area contributed by atoms with Crippen molar-refractivity contribution in [1.82, 2.24) is 0 Å². The number of hydrogen-bond donors (Lipinski definition) is 0. The molecule has 0 radical (unpaired) electrons. The molecule has 6 heteroatoms. The Balaban J connectivity index is 2.56. The highest BCUT2D eigenvalue weighted by atomic mass is 79.9. The van der Waals surface area contributed by atoms with Crippen LogP contribution in [0.4, 0.5) is 0 Å². The van der Waals surface area contributed by atoms with Crippen molar-refractivity contribution in [1.29, 1.82) is 0 Å². The van der Waals surface area contributed by atoms with Gasteiger partial charge in [-0.25, -0.2) is 0 Å². The summed E-state index contributed by atoms with van der Waals surface area (Å²) in [4.78, 5) is 12.8. The van der Waals surface area contributed by atoms with Gasteiger partial charge in [-0.1, -0.05) is 34.8 Å². The van der Waals surface area contributed by atoms with E-state index in [4.69, 9.17) is 34.8 Å². The molecule has 0 amide bonds. The van der Waals surface area contributed by atoms with Crippen LogP contribution in [0.1, 0.15) is 15.2 Å². The molecule has 0 aliphatic heterocycles. The van der Waals surface area contributed by atoms with Gasteiger partial charge in [-0.15, -0.1) is 11.3 Å². The number of rotatable bonds is 2. The molecule has 0 aliphatic carbocycles. The van der Waals surface area contributed by atoms with Gasteiger partial charge in [0.1, 0.15) is 0 Å². The van der Waals surface area contributed by atoms with Gasteiger partial charge in [-0.05, 0) is 39.5 Å². The maximum absolute atomic E-state index is 12.2. The average Bonchev–Trinajstić information content (AvgIpc) is 2.62. The maximum atomic E-state index is 12.2. The molecule has 0 unspecified atom stereocenters. The van der Waals surface area contributed by atoms with Crippen LogP contribution in [0.3, 0.4) is 0 Å². The molecule has 0 spiro atoms. The van der Waals surface area contributed by atoms with E-state index in [1.807, 2.05) is 5.38 Å². The quantitative estimate of drug-likeness (QED) is 0.620. The highest BCUT2D eigenvalue weighted by molar-refractivity contribution is 9.10. The zero-order valence-corrected chi connectivity index (χ0v) is 12.8. The van der Waals surface area contributed by atoms with Crippen LogP contribution in [0.2, 0.25) is 15.1 Å². The molecule has 17 heavy (non-hydrogen) atoms. The van der Waals surface area contributed by atoms with Gasteiger partial charge in [0.25, 0.3) is 0 Å². The Morgan fingerprint density at radius 2 is 1.76 bits per heavy atom. The zero-order valence-electron chi connectivity index (χ0n) is 8.14. The SMILES string of the molecule is O=C(c1sccc1Br)c1c(Cl)cc(Cl)cc1Cl. The van der Waals surface area contributed by atoms with E-state index in [-0.39, 0.29) is 21.4 Å². The standard InChI is InChI=1S/C11H4BrCl3OS/c12-6-1-2-17-11(6)10(16)9-7(14)3-5(13)4-8(9)15/h1-4H. The van der Waals surface area contributed by atoms with Crippen LogP contribution in [-0.2, 0) is 0 Å². The van der Waals surface area contributed by atoms with Crippen molar-refractivity contribution >= 4 is 67.9 Å². The van der Waals surface area contributed by atoms with Crippen LogP contribution in [0, 0.1) is 0 Å². The molecule has 1 nitrogen and oxygen atoms in total. The molecule has 0 saturated carbocycles. The van der Waals surface area contributed by atoms with Gasteiger partial charge >= 0.3 is 0 Å². The number of ketones is 1. The minimum Gasteiger partial charge on any atom is -0.288 e. The van der Waals surface area contributed by atoms with Gasteiger partial charge in [-0.2, -0.15) is 0 Å². The van der Waals surface area contributed by atoms with Crippen molar-refractivity contribution < 1.29 is 4.79 Å². The van der Waals surface area contributed by atoms with Crippen molar-refractivity contribution in [3.63, 3.8) is 0 Å². The second-order valence-electron chi connectivity index (χ2n) is 3.17. The summed E-state index contributed by atoms with van der Waals surface area (Å²) >= 11 is 22.4. The number of halogens is 4. The van der Waals surface area contributed by atoms with E-state index in [1.165, 1.54) is 23.5 Å². The lowest BCUT2D eigenvalue weighted by Gasteiger charge is -2.05. The number of benzene rings is 1. The molecule has 0 aliphatic rings. The van der Waals surface area contributed by atoms with Crippen LogP contribution in [0.5, 0.6) is 0 Å². The summed E-state index contributed by atoms with van der Waals surface area (Å²) in [7, 11) is 0. The third-order valence-electron chi connectivity index (χ3n) is 2.06. The summed E-state index contributed by atoms with van der Waals surface area (Å²) in [6.45, 7) is 0. The van der Waals surface area contributed by atoms with E-state index in [9.17, 15) is 4.79 Å². The molecule has 0 N–H and O–H groups in total. The third-order valence-corrected chi connectivity index (χ3v) is 4.71. The predicted molar refractivity (Wildman–Crippen MR) is 76.9 cm³/mol. The lowest BCUT2D eigenvalue weighted by Crippen LogP contribution is -2.01. The van der Waals surface area contributed by atoms with Gasteiger partial charge in [-0.3, -0.25) is 4.79 Å². The van der Waals surface area contributed by atoms with E-state index in [0.29, 0.717) is 9.90 Å². The summed E-state index contributed by atoms with van der Waals surface area (Å²) < 4.78 is 0.731. The van der Waals surface area contributed by atoms with Crippen molar-refractivity contribution in [2.45, 2.75) is 0 Å². The first kappa shape index (κ1) is 13.4. The van der Waals surface area contributed by atoms with E-state index < -0.39 is 0 Å². The lowest BCUT2D eigenvalue weighted by molar-refractivity contribution is 0.104. The second-order valence-corrected chi connectivity index (χ2v) is 6.19. The van der Waals surface area contributed by atoms with Crippen LogP contribution in [0.25, 0.3) is 0 Å². The average molecular weight is 370 g/mol. The Hall–Kier alpha value is -0.0600. The van der Waals surface area contributed by atoms with E-state index in [1.54, 1.807) is 6.07 Å². The molecule has 0 atom stereocenters. The maximum Gasteiger partial charge on any atom is 0.207 e. The fourth-order valence-electron chi connectivity index (χ4n) is 1.33. The predicted octanol–water partition coefficient (Wildman–Crippen LogP) is 5.70. The van der Waals surface area contributed by atoms with Crippen LogP contribution >= 0.6 is 62.1 Å². The molecule has 0 fully saturated rings. The Labute approximate surface area is 125 Å². The summed E-state index contributed by atoms with van der Waals surface area (Å²) in [6, 6.07) is 4.81. The van der Waals surface area contributed by atoms with Crippen molar-refractivity contribution in [3.05, 3.63) is 53.6 Å². The molecule has 0 bridgehead atoms. The second kappa shape index (κ2) is 5.29. The molecule has 1 aromatic heterocycles. The van der Waals surface area contributed by atoms with Crippen molar-refractivity contribution in [3.8, 4) is 0 Å². The third kappa shape index (κ3) is 2.69. The largest absolute Gasteiger partial charge is 0.288 e. The number of hydrogen-bond acceptors (Lipinski definition) is 2. The highest BCUT2D eigenvalue weighted by Crippen LogP contribution is 2.34.